The normalized spacial score (nSPS) is 18.0. The summed E-state index contributed by atoms with van der Waals surface area (Å²) in [6.07, 6.45) is -7.82. The van der Waals surface area contributed by atoms with E-state index in [1.54, 1.807) is 0 Å². The molecule has 0 aliphatic rings. The number of carbonyl (C=O) groups excluding carboxylic acids is 2. The second-order valence-corrected chi connectivity index (χ2v) is 3.69. The van der Waals surface area contributed by atoms with Crippen LogP contribution in [-0.4, -0.2) is 103 Å². The van der Waals surface area contributed by atoms with E-state index in [4.69, 9.17) is 40.9 Å². The van der Waals surface area contributed by atoms with E-state index < -0.39 is 56.1 Å². The number of ketones is 1. The molecular weight excluding hydrogens is 280 g/mol. The van der Waals surface area contributed by atoms with Gasteiger partial charge in [0.25, 0.3) is 0 Å². The summed E-state index contributed by atoms with van der Waals surface area (Å²) in [5.41, 5.74) is 0. The van der Waals surface area contributed by atoms with Crippen molar-refractivity contribution in [2.75, 3.05) is 19.8 Å². The Kier molecular flexibility index (Phi) is 12.6. The van der Waals surface area contributed by atoms with E-state index in [0.717, 1.165) is 0 Å². The molecule has 0 amide bonds. The van der Waals surface area contributed by atoms with Crippen LogP contribution in [0.1, 0.15) is 0 Å². The molecule has 5 unspecified atom stereocenters. The average Bonchev–Trinajstić information content (AvgIpc) is 2.50. The van der Waals surface area contributed by atoms with Crippen molar-refractivity contribution in [2.24, 2.45) is 0 Å². The maximum atomic E-state index is 10.3. The number of rotatable bonds is 8. The summed E-state index contributed by atoms with van der Waals surface area (Å²) >= 11 is 0. The zero-order valence-corrected chi connectivity index (χ0v) is 10.5. The molecule has 8 N–H and O–H groups in total. The van der Waals surface area contributed by atoms with Gasteiger partial charge in [-0.15, -0.1) is 0 Å². The lowest BCUT2D eigenvalue weighted by atomic mass is 10.1. The Morgan fingerprint density at radius 2 is 1.35 bits per heavy atom. The van der Waals surface area contributed by atoms with Gasteiger partial charge in [-0.25, -0.2) is 0 Å². The maximum Gasteiger partial charge on any atom is 0.189 e. The maximum absolute atomic E-state index is 10.3. The smallest absolute Gasteiger partial charge is 0.189 e. The van der Waals surface area contributed by atoms with Gasteiger partial charge in [-0.2, -0.15) is 0 Å². The summed E-state index contributed by atoms with van der Waals surface area (Å²) in [5, 5.41) is 67.7. The molecule has 0 aromatic carbocycles. The Balaban J connectivity index is 0. The molecule has 0 bridgehead atoms. The van der Waals surface area contributed by atoms with Crippen molar-refractivity contribution < 1.29 is 50.4 Å². The first-order chi connectivity index (χ1) is 9.26. The zero-order chi connectivity index (χ0) is 16.3. The monoisotopic (exact) mass is 300 g/mol. The predicted octanol–water partition coefficient (Wildman–Crippen LogP) is -5.48. The summed E-state index contributed by atoms with van der Waals surface area (Å²) in [7, 11) is 0. The third-order valence-electron chi connectivity index (χ3n) is 2.11. The molecule has 10 heteroatoms. The minimum absolute atomic E-state index is 0.0869. The lowest BCUT2D eigenvalue weighted by Gasteiger charge is -2.16. The van der Waals surface area contributed by atoms with Crippen LogP contribution in [0.2, 0.25) is 0 Å². The highest BCUT2D eigenvalue weighted by molar-refractivity contribution is 5.84. The summed E-state index contributed by atoms with van der Waals surface area (Å²) in [4.78, 5) is 20.1. The minimum Gasteiger partial charge on any atom is -0.394 e. The first-order valence-corrected chi connectivity index (χ1v) is 5.47. The van der Waals surface area contributed by atoms with Gasteiger partial charge in [-0.05, 0) is 0 Å². The first-order valence-electron chi connectivity index (χ1n) is 5.47. The van der Waals surface area contributed by atoms with Crippen molar-refractivity contribution >= 4 is 12.1 Å². The molecule has 0 aliphatic heterocycles. The molecule has 0 aromatic heterocycles. The van der Waals surface area contributed by atoms with Crippen LogP contribution in [0, 0.1) is 0 Å². The van der Waals surface area contributed by atoms with Crippen molar-refractivity contribution in [1.82, 2.24) is 0 Å². The number of carbonyl (C=O) groups is 2. The van der Waals surface area contributed by atoms with E-state index >= 15 is 0 Å². The summed E-state index contributed by atoms with van der Waals surface area (Å²) in [6, 6.07) is 0. The molecule has 0 spiro atoms. The summed E-state index contributed by atoms with van der Waals surface area (Å²) in [6.45, 7) is -2.23. The van der Waals surface area contributed by atoms with Crippen LogP contribution >= 0.6 is 0 Å². The molecule has 0 aliphatic carbocycles. The Bertz CT molecular complexity index is 271. The van der Waals surface area contributed by atoms with Gasteiger partial charge in [0.05, 0.1) is 13.2 Å². The van der Waals surface area contributed by atoms with Crippen LogP contribution in [0.5, 0.6) is 0 Å². The van der Waals surface area contributed by atoms with E-state index in [-0.39, 0.29) is 6.29 Å². The molecule has 120 valence electrons. The van der Waals surface area contributed by atoms with Gasteiger partial charge in [0.15, 0.2) is 12.1 Å². The largest absolute Gasteiger partial charge is 0.394 e. The van der Waals surface area contributed by atoms with Crippen molar-refractivity contribution in [2.45, 2.75) is 30.5 Å². The van der Waals surface area contributed by atoms with Gasteiger partial charge in [-0.1, -0.05) is 0 Å². The SMILES string of the molecule is O=C(CO)C(O)C(O)CO.O=CC(O)C(O)C(O)CO. The van der Waals surface area contributed by atoms with Crippen LogP contribution in [-0.2, 0) is 9.59 Å². The van der Waals surface area contributed by atoms with Crippen molar-refractivity contribution in [3.8, 4) is 0 Å². The highest BCUT2D eigenvalue weighted by Crippen LogP contribution is 1.96. The van der Waals surface area contributed by atoms with Crippen LogP contribution in [0.4, 0.5) is 0 Å². The summed E-state index contributed by atoms with van der Waals surface area (Å²) < 4.78 is 0. The molecule has 0 rings (SSSR count). The Hall–Kier alpha value is -0.980. The Labute approximate surface area is 114 Å². The molecule has 5 atom stereocenters. The molecular formula is C10H20O10. The van der Waals surface area contributed by atoms with E-state index in [1.165, 1.54) is 0 Å². The molecule has 0 heterocycles. The average molecular weight is 300 g/mol. The fraction of sp³-hybridized carbons (Fsp3) is 0.800. The molecule has 0 aromatic rings. The van der Waals surface area contributed by atoms with Gasteiger partial charge in [0, 0.05) is 0 Å². The van der Waals surface area contributed by atoms with Crippen LogP contribution in [0.25, 0.3) is 0 Å². The molecule has 0 saturated heterocycles. The lowest BCUT2D eigenvalue weighted by molar-refractivity contribution is -0.137. The van der Waals surface area contributed by atoms with Crippen LogP contribution in [0.3, 0.4) is 0 Å². The quantitative estimate of drug-likeness (QED) is 0.200. The first kappa shape index (κ1) is 21.3. The predicted molar refractivity (Wildman–Crippen MR) is 62.4 cm³/mol. The Morgan fingerprint density at radius 1 is 0.900 bits per heavy atom. The number of hydrogen-bond acceptors (Lipinski definition) is 10. The van der Waals surface area contributed by atoms with E-state index in [0.29, 0.717) is 0 Å². The highest BCUT2D eigenvalue weighted by Gasteiger charge is 2.23. The van der Waals surface area contributed by atoms with Crippen molar-refractivity contribution in [1.29, 1.82) is 0 Å². The minimum atomic E-state index is -1.69. The molecule has 0 fully saturated rings. The van der Waals surface area contributed by atoms with E-state index in [2.05, 4.69) is 0 Å². The number of aliphatic hydroxyl groups excluding tert-OH is 8. The lowest BCUT2D eigenvalue weighted by Crippen LogP contribution is -2.40. The topological polar surface area (TPSA) is 196 Å². The number of aliphatic hydroxyl groups is 8. The fourth-order valence-electron chi connectivity index (χ4n) is 0.824. The van der Waals surface area contributed by atoms with Gasteiger partial charge >= 0.3 is 0 Å². The fourth-order valence-corrected chi connectivity index (χ4v) is 0.824. The number of hydrogen-bond donors (Lipinski definition) is 8. The zero-order valence-electron chi connectivity index (χ0n) is 10.5. The third kappa shape index (κ3) is 8.24. The van der Waals surface area contributed by atoms with Gasteiger partial charge in [-0.3, -0.25) is 4.79 Å². The second-order valence-electron chi connectivity index (χ2n) is 3.69. The van der Waals surface area contributed by atoms with Gasteiger partial charge in [0.1, 0.15) is 37.1 Å². The van der Waals surface area contributed by atoms with Crippen molar-refractivity contribution in [3.63, 3.8) is 0 Å². The van der Waals surface area contributed by atoms with Crippen LogP contribution in [0.15, 0.2) is 0 Å². The van der Waals surface area contributed by atoms with Crippen LogP contribution < -0.4 is 0 Å². The highest BCUT2D eigenvalue weighted by atomic mass is 16.4. The summed E-state index contributed by atoms with van der Waals surface area (Å²) in [5.74, 6) is -0.901. The number of Topliss-reactive ketones (excluding diaryl/α,β-unsaturated/α-hetero) is 1. The molecule has 20 heavy (non-hydrogen) atoms. The number of aldehydes is 1. The van der Waals surface area contributed by atoms with E-state index in [1.807, 2.05) is 0 Å². The van der Waals surface area contributed by atoms with Crippen molar-refractivity contribution in [3.05, 3.63) is 0 Å². The standard InChI is InChI=1S/2C5H10O5/c2*6-1-3(8)5(10)4(9)2-7/h3,5-8,10H,1-2H2;1,3-5,7-10H,2H2. The Morgan fingerprint density at radius 3 is 1.65 bits per heavy atom. The molecule has 0 radical (unpaired) electrons. The van der Waals surface area contributed by atoms with E-state index in [9.17, 15) is 9.59 Å². The second kappa shape index (κ2) is 11.8. The van der Waals surface area contributed by atoms with Gasteiger partial charge in [0.2, 0.25) is 0 Å². The third-order valence-corrected chi connectivity index (χ3v) is 2.11. The molecule has 0 saturated carbocycles. The molecule has 10 nitrogen and oxygen atoms in total. The van der Waals surface area contributed by atoms with Gasteiger partial charge < -0.3 is 45.6 Å².